The van der Waals surface area contributed by atoms with E-state index in [1.165, 1.54) is 11.8 Å². The van der Waals surface area contributed by atoms with E-state index in [1.54, 1.807) is 13.2 Å². The molecule has 0 unspecified atom stereocenters. The summed E-state index contributed by atoms with van der Waals surface area (Å²) in [5.74, 6) is 2.02. The van der Waals surface area contributed by atoms with Crippen LogP contribution >= 0.6 is 11.8 Å². The van der Waals surface area contributed by atoms with Gasteiger partial charge in [-0.1, -0.05) is 42.1 Å². The number of thioether (sulfide) groups is 1. The molecule has 0 saturated heterocycles. The number of methoxy groups -OCH3 is 1. The van der Waals surface area contributed by atoms with Gasteiger partial charge in [-0.3, -0.25) is 5.10 Å². The van der Waals surface area contributed by atoms with E-state index in [-0.39, 0.29) is 5.63 Å². The standard InChI is InChI=1S/C23H17N3O3S/c1-28-17-9-6-15(7-10-17)22-24-23(26-25-22)30-13-16-12-20(27)29-19-11-8-14-4-2-3-5-18(14)21(16)19/h2-12H,13H2,1H3,(H,24,25,26). The van der Waals surface area contributed by atoms with Crippen molar-refractivity contribution in [3.63, 3.8) is 0 Å². The molecular weight excluding hydrogens is 398 g/mol. The molecular formula is C23H17N3O3S. The lowest BCUT2D eigenvalue weighted by Gasteiger charge is -2.07. The van der Waals surface area contributed by atoms with Crippen LogP contribution in [-0.2, 0) is 5.75 Å². The van der Waals surface area contributed by atoms with Gasteiger partial charge >= 0.3 is 5.63 Å². The van der Waals surface area contributed by atoms with Gasteiger partial charge < -0.3 is 9.15 Å². The third-order valence-corrected chi connectivity index (χ3v) is 5.80. The molecule has 5 rings (SSSR count). The summed E-state index contributed by atoms with van der Waals surface area (Å²) in [5, 5.41) is 11.0. The number of rotatable bonds is 5. The molecule has 0 bridgehead atoms. The van der Waals surface area contributed by atoms with Gasteiger partial charge in [-0.15, -0.1) is 5.10 Å². The van der Waals surface area contributed by atoms with Gasteiger partial charge in [0.25, 0.3) is 0 Å². The van der Waals surface area contributed by atoms with Crippen LogP contribution in [0.5, 0.6) is 5.75 Å². The van der Waals surface area contributed by atoms with E-state index in [0.717, 1.165) is 33.0 Å². The smallest absolute Gasteiger partial charge is 0.336 e. The van der Waals surface area contributed by atoms with E-state index < -0.39 is 0 Å². The summed E-state index contributed by atoms with van der Waals surface area (Å²) in [6, 6.07) is 21.1. The van der Waals surface area contributed by atoms with Gasteiger partial charge in [-0.25, -0.2) is 9.78 Å². The lowest BCUT2D eigenvalue weighted by molar-refractivity contribution is 0.415. The highest BCUT2D eigenvalue weighted by atomic mass is 32.2. The van der Waals surface area contributed by atoms with E-state index in [4.69, 9.17) is 9.15 Å². The van der Waals surface area contributed by atoms with Crippen molar-refractivity contribution in [1.82, 2.24) is 15.2 Å². The van der Waals surface area contributed by atoms with Crippen molar-refractivity contribution in [3.8, 4) is 17.1 Å². The fourth-order valence-electron chi connectivity index (χ4n) is 3.47. The number of benzene rings is 3. The van der Waals surface area contributed by atoms with Gasteiger partial charge in [0, 0.05) is 22.8 Å². The molecule has 0 saturated carbocycles. The van der Waals surface area contributed by atoms with Crippen molar-refractivity contribution < 1.29 is 9.15 Å². The summed E-state index contributed by atoms with van der Waals surface area (Å²) in [6.07, 6.45) is 0. The fraction of sp³-hybridized carbons (Fsp3) is 0.0870. The molecule has 3 aromatic carbocycles. The zero-order chi connectivity index (χ0) is 20.5. The predicted octanol–water partition coefficient (Wildman–Crippen LogP) is 5.03. The van der Waals surface area contributed by atoms with Crippen LogP contribution in [0.4, 0.5) is 0 Å². The Balaban J connectivity index is 1.46. The van der Waals surface area contributed by atoms with Gasteiger partial charge in [0.15, 0.2) is 5.82 Å². The number of ether oxygens (including phenoxy) is 1. The molecule has 0 aliphatic carbocycles. The molecule has 148 valence electrons. The van der Waals surface area contributed by atoms with E-state index in [1.807, 2.05) is 60.7 Å². The summed E-state index contributed by atoms with van der Waals surface area (Å²) < 4.78 is 10.6. The Bertz CT molecular complexity index is 1410. The van der Waals surface area contributed by atoms with Crippen molar-refractivity contribution >= 4 is 33.5 Å². The van der Waals surface area contributed by atoms with Crippen LogP contribution in [0.1, 0.15) is 5.56 Å². The average molecular weight is 415 g/mol. The van der Waals surface area contributed by atoms with Crippen molar-refractivity contribution in [2.24, 2.45) is 0 Å². The summed E-state index contributed by atoms with van der Waals surface area (Å²) in [4.78, 5) is 16.6. The Morgan fingerprint density at radius 2 is 1.90 bits per heavy atom. The highest BCUT2D eigenvalue weighted by molar-refractivity contribution is 7.98. The quantitative estimate of drug-likeness (QED) is 0.246. The first kappa shape index (κ1) is 18.4. The molecule has 0 aliphatic rings. The molecule has 6 nitrogen and oxygen atoms in total. The van der Waals surface area contributed by atoms with Crippen molar-refractivity contribution in [1.29, 1.82) is 0 Å². The first-order chi connectivity index (χ1) is 14.7. The van der Waals surface area contributed by atoms with Crippen LogP contribution in [0, 0.1) is 0 Å². The second kappa shape index (κ2) is 7.68. The molecule has 30 heavy (non-hydrogen) atoms. The van der Waals surface area contributed by atoms with Gasteiger partial charge in [0.2, 0.25) is 5.16 Å². The van der Waals surface area contributed by atoms with Crippen LogP contribution in [0.15, 0.2) is 81.1 Å². The lowest BCUT2D eigenvalue weighted by Crippen LogP contribution is -2.00. The van der Waals surface area contributed by atoms with Gasteiger partial charge in [-0.2, -0.15) is 0 Å². The molecule has 5 aromatic rings. The van der Waals surface area contributed by atoms with E-state index >= 15 is 0 Å². The predicted molar refractivity (Wildman–Crippen MR) is 118 cm³/mol. The van der Waals surface area contributed by atoms with Crippen molar-refractivity contribution in [3.05, 3.63) is 82.7 Å². The maximum Gasteiger partial charge on any atom is 0.336 e. The molecule has 0 radical (unpaired) electrons. The SMILES string of the molecule is COc1ccc(-c2nc(SCc3cc(=O)oc4ccc5ccccc5c34)n[nH]2)cc1. The highest BCUT2D eigenvalue weighted by Gasteiger charge is 2.12. The Labute approximate surface area is 175 Å². The summed E-state index contributed by atoms with van der Waals surface area (Å²) >= 11 is 1.47. The molecule has 0 amide bonds. The Kier molecular flexibility index (Phi) is 4.72. The fourth-order valence-corrected chi connectivity index (χ4v) is 4.24. The average Bonchev–Trinajstić information content (AvgIpc) is 3.26. The Hall–Kier alpha value is -3.58. The van der Waals surface area contributed by atoms with Gasteiger partial charge in [0.1, 0.15) is 11.3 Å². The van der Waals surface area contributed by atoms with Gasteiger partial charge in [-0.05, 0) is 46.7 Å². The van der Waals surface area contributed by atoms with E-state index in [9.17, 15) is 4.79 Å². The zero-order valence-corrected chi connectivity index (χ0v) is 16.9. The number of aromatic amines is 1. The number of aromatic nitrogens is 3. The molecule has 7 heteroatoms. The van der Waals surface area contributed by atoms with Crippen LogP contribution in [-0.4, -0.2) is 22.3 Å². The monoisotopic (exact) mass is 415 g/mol. The maximum atomic E-state index is 12.1. The minimum Gasteiger partial charge on any atom is -0.497 e. The lowest BCUT2D eigenvalue weighted by atomic mass is 10.0. The Morgan fingerprint density at radius 1 is 1.07 bits per heavy atom. The number of H-pyrrole nitrogens is 1. The first-order valence-corrected chi connectivity index (χ1v) is 10.3. The van der Waals surface area contributed by atoms with Crippen molar-refractivity contribution in [2.45, 2.75) is 10.9 Å². The largest absolute Gasteiger partial charge is 0.497 e. The second-order valence-electron chi connectivity index (χ2n) is 6.73. The zero-order valence-electron chi connectivity index (χ0n) is 16.1. The number of hydrogen-bond acceptors (Lipinski definition) is 6. The van der Waals surface area contributed by atoms with Crippen LogP contribution in [0.2, 0.25) is 0 Å². The van der Waals surface area contributed by atoms with Crippen molar-refractivity contribution in [2.75, 3.05) is 7.11 Å². The Morgan fingerprint density at radius 3 is 2.73 bits per heavy atom. The minimum absolute atomic E-state index is 0.359. The number of nitrogens with one attached hydrogen (secondary N) is 1. The third-order valence-electron chi connectivity index (χ3n) is 4.90. The van der Waals surface area contributed by atoms with E-state index in [2.05, 4.69) is 15.2 Å². The summed E-state index contributed by atoms with van der Waals surface area (Å²) in [7, 11) is 1.63. The molecule has 0 atom stereocenters. The van der Waals surface area contributed by atoms with Gasteiger partial charge in [0.05, 0.1) is 7.11 Å². The third kappa shape index (κ3) is 3.44. The minimum atomic E-state index is -0.359. The molecule has 1 N–H and O–H groups in total. The maximum absolute atomic E-state index is 12.1. The van der Waals surface area contributed by atoms with E-state index in [0.29, 0.717) is 22.3 Å². The molecule has 0 aliphatic heterocycles. The molecule has 0 fully saturated rings. The summed E-state index contributed by atoms with van der Waals surface area (Å²) in [5.41, 5.74) is 2.05. The second-order valence-corrected chi connectivity index (χ2v) is 7.68. The van der Waals surface area contributed by atoms with Crippen LogP contribution in [0.25, 0.3) is 33.1 Å². The number of nitrogens with zero attached hydrogens (tertiary/aromatic N) is 2. The molecule has 2 heterocycles. The number of hydrogen-bond donors (Lipinski definition) is 1. The normalized spacial score (nSPS) is 11.2. The number of fused-ring (bicyclic) bond motifs is 3. The topological polar surface area (TPSA) is 81.0 Å². The highest BCUT2D eigenvalue weighted by Crippen LogP contribution is 2.31. The first-order valence-electron chi connectivity index (χ1n) is 9.35. The molecule has 2 aromatic heterocycles. The summed E-state index contributed by atoms with van der Waals surface area (Å²) in [6.45, 7) is 0. The molecule has 0 spiro atoms. The van der Waals surface area contributed by atoms with Crippen LogP contribution < -0.4 is 10.4 Å². The van der Waals surface area contributed by atoms with Crippen LogP contribution in [0.3, 0.4) is 0 Å².